The molecule has 2 amide bonds. The van der Waals surface area contributed by atoms with E-state index in [9.17, 15) is 9.59 Å². The first-order valence-corrected chi connectivity index (χ1v) is 11.6. The van der Waals surface area contributed by atoms with Crippen LogP contribution in [0, 0.1) is 6.92 Å². The number of nitrogens with zero attached hydrogens (tertiary/aromatic N) is 5. The Hall–Kier alpha value is -2.76. The number of benzene rings is 1. The fraction of sp³-hybridized carbons (Fsp3) is 0.350. The number of morpholine rings is 1. The van der Waals surface area contributed by atoms with E-state index in [4.69, 9.17) is 4.74 Å². The molecule has 31 heavy (non-hydrogen) atoms. The number of thiophene rings is 1. The summed E-state index contributed by atoms with van der Waals surface area (Å²) in [5.41, 5.74) is 2.43. The number of rotatable bonds is 6. The molecule has 0 saturated carbocycles. The molecule has 3 heterocycles. The Labute approximate surface area is 187 Å². The van der Waals surface area contributed by atoms with Crippen LogP contribution in [0.1, 0.15) is 15.9 Å². The van der Waals surface area contributed by atoms with Gasteiger partial charge in [-0.3, -0.25) is 9.59 Å². The Balaban J connectivity index is 1.60. The molecule has 0 radical (unpaired) electrons. The number of hydrogen-bond donors (Lipinski definition) is 1. The Morgan fingerprint density at radius 1 is 1.23 bits per heavy atom. The van der Waals surface area contributed by atoms with E-state index in [1.807, 2.05) is 37.3 Å². The number of hydrogen-bond acceptors (Lipinski definition) is 8. The maximum absolute atomic E-state index is 13.3. The second kappa shape index (κ2) is 9.58. The molecule has 0 atom stereocenters. The third-order valence-corrected chi connectivity index (χ3v) is 7.13. The van der Waals surface area contributed by atoms with Crippen LogP contribution in [-0.2, 0) is 16.6 Å². The maximum Gasteiger partial charge on any atom is 0.257 e. The van der Waals surface area contributed by atoms with Gasteiger partial charge in [-0.25, -0.2) is 4.68 Å². The van der Waals surface area contributed by atoms with Crippen molar-refractivity contribution in [3.63, 3.8) is 0 Å². The maximum atomic E-state index is 13.3. The van der Waals surface area contributed by atoms with Crippen LogP contribution in [0.25, 0.3) is 10.4 Å². The van der Waals surface area contributed by atoms with E-state index in [0.29, 0.717) is 42.0 Å². The van der Waals surface area contributed by atoms with Gasteiger partial charge in [0, 0.05) is 25.0 Å². The average molecular weight is 459 g/mol. The van der Waals surface area contributed by atoms with Crippen LogP contribution >= 0.6 is 23.1 Å². The van der Waals surface area contributed by atoms with E-state index < -0.39 is 0 Å². The van der Waals surface area contributed by atoms with Gasteiger partial charge in [0.1, 0.15) is 5.00 Å². The van der Waals surface area contributed by atoms with Crippen molar-refractivity contribution in [3.05, 3.63) is 41.5 Å². The van der Waals surface area contributed by atoms with Crippen LogP contribution in [-0.4, -0.2) is 69.0 Å². The lowest BCUT2D eigenvalue weighted by Crippen LogP contribution is -2.41. The van der Waals surface area contributed by atoms with Crippen molar-refractivity contribution in [1.29, 1.82) is 0 Å². The standard InChI is InChI=1S/C20H22N6O3S2/c1-13-16(19(28)26-8-10-29-11-9-26)18(31-17(13)14-6-4-3-5-7-14)21-15(27)12-30-20-22-23-24-25(20)2/h3-7H,8-12H2,1-2H3,(H,21,27). The summed E-state index contributed by atoms with van der Waals surface area (Å²) in [6.07, 6.45) is 0. The molecular formula is C20H22N6O3S2. The van der Waals surface area contributed by atoms with Crippen LogP contribution in [0.2, 0.25) is 0 Å². The van der Waals surface area contributed by atoms with Crippen LogP contribution in [0.5, 0.6) is 0 Å². The monoisotopic (exact) mass is 458 g/mol. The molecular weight excluding hydrogens is 436 g/mol. The number of carbonyl (C=O) groups excluding carboxylic acids is 2. The molecule has 1 aliphatic rings. The molecule has 11 heteroatoms. The number of thioether (sulfide) groups is 1. The number of anilines is 1. The molecule has 2 aromatic heterocycles. The zero-order chi connectivity index (χ0) is 21.8. The number of amides is 2. The molecule has 1 fully saturated rings. The number of nitrogens with one attached hydrogen (secondary N) is 1. The van der Waals surface area contributed by atoms with Gasteiger partial charge in [0.05, 0.1) is 24.5 Å². The Bertz CT molecular complexity index is 1080. The van der Waals surface area contributed by atoms with Gasteiger partial charge in [-0.2, -0.15) is 0 Å². The van der Waals surface area contributed by atoms with Gasteiger partial charge in [0.2, 0.25) is 11.1 Å². The highest BCUT2D eigenvalue weighted by Crippen LogP contribution is 2.40. The van der Waals surface area contributed by atoms with Crippen molar-refractivity contribution in [2.24, 2.45) is 7.05 Å². The van der Waals surface area contributed by atoms with E-state index in [0.717, 1.165) is 16.0 Å². The van der Waals surface area contributed by atoms with Crippen molar-refractivity contribution in [2.45, 2.75) is 12.1 Å². The van der Waals surface area contributed by atoms with E-state index in [1.165, 1.54) is 27.8 Å². The summed E-state index contributed by atoms with van der Waals surface area (Å²) in [4.78, 5) is 28.8. The van der Waals surface area contributed by atoms with Crippen LogP contribution < -0.4 is 5.32 Å². The summed E-state index contributed by atoms with van der Waals surface area (Å²) in [5.74, 6) is -0.165. The minimum absolute atomic E-state index is 0.0836. The number of tetrazole rings is 1. The zero-order valence-electron chi connectivity index (χ0n) is 17.2. The third kappa shape index (κ3) is 4.78. The van der Waals surface area contributed by atoms with Crippen molar-refractivity contribution < 1.29 is 14.3 Å². The Morgan fingerprint density at radius 3 is 2.65 bits per heavy atom. The molecule has 1 saturated heterocycles. The minimum Gasteiger partial charge on any atom is -0.378 e. The number of carbonyl (C=O) groups is 2. The van der Waals surface area contributed by atoms with Gasteiger partial charge >= 0.3 is 0 Å². The van der Waals surface area contributed by atoms with Crippen molar-refractivity contribution in [3.8, 4) is 10.4 Å². The fourth-order valence-electron chi connectivity index (χ4n) is 3.28. The first kappa shape index (κ1) is 21.5. The molecule has 0 spiro atoms. The lowest BCUT2D eigenvalue weighted by atomic mass is 10.1. The van der Waals surface area contributed by atoms with E-state index in [2.05, 4.69) is 20.8 Å². The average Bonchev–Trinajstić information content (AvgIpc) is 3.35. The smallest absolute Gasteiger partial charge is 0.257 e. The van der Waals surface area contributed by atoms with Crippen LogP contribution in [0.4, 0.5) is 5.00 Å². The second-order valence-electron chi connectivity index (χ2n) is 6.95. The number of ether oxygens (including phenoxy) is 1. The van der Waals surface area contributed by atoms with Gasteiger partial charge in [-0.15, -0.1) is 16.4 Å². The molecule has 0 unspecified atom stereocenters. The zero-order valence-corrected chi connectivity index (χ0v) is 18.8. The summed E-state index contributed by atoms with van der Waals surface area (Å²) in [6.45, 7) is 4.05. The van der Waals surface area contributed by atoms with Gasteiger partial charge in [0.15, 0.2) is 0 Å². The minimum atomic E-state index is -0.218. The highest BCUT2D eigenvalue weighted by Gasteiger charge is 2.28. The summed E-state index contributed by atoms with van der Waals surface area (Å²) < 4.78 is 6.89. The quantitative estimate of drug-likeness (QED) is 0.566. The molecule has 3 aromatic rings. The summed E-state index contributed by atoms with van der Waals surface area (Å²) >= 11 is 2.66. The lowest BCUT2D eigenvalue weighted by Gasteiger charge is -2.27. The highest BCUT2D eigenvalue weighted by atomic mass is 32.2. The van der Waals surface area contributed by atoms with Gasteiger partial charge < -0.3 is 15.0 Å². The molecule has 4 rings (SSSR count). The molecule has 0 bridgehead atoms. The van der Waals surface area contributed by atoms with Crippen LogP contribution in [0.3, 0.4) is 0 Å². The summed E-state index contributed by atoms with van der Waals surface area (Å²) in [5, 5.41) is 15.3. The van der Waals surface area contributed by atoms with Crippen molar-refractivity contribution >= 4 is 39.9 Å². The summed E-state index contributed by atoms with van der Waals surface area (Å²) in [7, 11) is 1.72. The molecule has 1 aliphatic heterocycles. The van der Waals surface area contributed by atoms with Crippen molar-refractivity contribution in [1.82, 2.24) is 25.1 Å². The largest absolute Gasteiger partial charge is 0.378 e. The molecule has 1 aromatic carbocycles. The van der Waals surface area contributed by atoms with E-state index in [1.54, 1.807) is 11.9 Å². The summed E-state index contributed by atoms with van der Waals surface area (Å²) in [6, 6.07) is 9.88. The van der Waals surface area contributed by atoms with Gasteiger partial charge in [0.25, 0.3) is 5.91 Å². The Morgan fingerprint density at radius 2 is 1.97 bits per heavy atom. The number of aromatic nitrogens is 4. The highest BCUT2D eigenvalue weighted by molar-refractivity contribution is 7.99. The normalized spacial score (nSPS) is 13.9. The van der Waals surface area contributed by atoms with Gasteiger partial charge in [-0.1, -0.05) is 42.1 Å². The van der Waals surface area contributed by atoms with Gasteiger partial charge in [-0.05, 0) is 28.5 Å². The Kier molecular flexibility index (Phi) is 6.64. The molecule has 9 nitrogen and oxygen atoms in total. The van der Waals surface area contributed by atoms with Crippen molar-refractivity contribution in [2.75, 3.05) is 37.4 Å². The third-order valence-electron chi connectivity index (χ3n) is 4.86. The molecule has 0 aliphatic carbocycles. The predicted octanol–water partition coefficient (Wildman–Crippen LogP) is 2.45. The first-order valence-electron chi connectivity index (χ1n) is 9.75. The lowest BCUT2D eigenvalue weighted by molar-refractivity contribution is -0.113. The van der Waals surface area contributed by atoms with Crippen LogP contribution in [0.15, 0.2) is 35.5 Å². The first-order chi connectivity index (χ1) is 15.0. The molecule has 1 N–H and O–H groups in total. The second-order valence-corrected chi connectivity index (χ2v) is 8.92. The topological polar surface area (TPSA) is 102 Å². The fourth-order valence-corrected chi connectivity index (χ4v) is 5.16. The molecule has 162 valence electrons. The number of aryl methyl sites for hydroxylation is 1. The SMILES string of the molecule is Cc1c(-c2ccccc2)sc(NC(=O)CSc2nnnn2C)c1C(=O)N1CCOCC1. The van der Waals surface area contributed by atoms with E-state index in [-0.39, 0.29) is 17.6 Å². The predicted molar refractivity (Wildman–Crippen MR) is 119 cm³/mol. The van der Waals surface area contributed by atoms with E-state index >= 15 is 0 Å².